The van der Waals surface area contributed by atoms with Crippen LogP contribution in [0.15, 0.2) is 6.07 Å². The first-order chi connectivity index (χ1) is 11.7. The Morgan fingerprint density at radius 2 is 1.36 bits per heavy atom. The smallest absolute Gasteiger partial charge is 0.321 e. The van der Waals surface area contributed by atoms with Crippen molar-refractivity contribution in [3.8, 4) is 0 Å². The van der Waals surface area contributed by atoms with Crippen molar-refractivity contribution >= 4 is 23.4 Å². The van der Waals surface area contributed by atoms with Gasteiger partial charge in [0.25, 0.3) is 0 Å². The van der Waals surface area contributed by atoms with Gasteiger partial charge in [-0.1, -0.05) is 32.8 Å². The first kappa shape index (κ1) is 20.8. The predicted molar refractivity (Wildman–Crippen MR) is 105 cm³/mol. The molecule has 0 radical (unpaired) electrons. The molecule has 1 aromatic carbocycles. The van der Waals surface area contributed by atoms with Crippen LogP contribution in [0.2, 0.25) is 0 Å². The van der Waals surface area contributed by atoms with E-state index < -0.39 is 0 Å². The zero-order chi connectivity index (χ0) is 19.1. The van der Waals surface area contributed by atoms with Gasteiger partial charge in [-0.25, -0.2) is 9.59 Å². The number of nitrogens with zero attached hydrogens (tertiary/aromatic N) is 2. The summed E-state index contributed by atoms with van der Waals surface area (Å²) in [5.74, 6) is 0. The van der Waals surface area contributed by atoms with Crippen molar-refractivity contribution in [3.63, 3.8) is 0 Å². The van der Waals surface area contributed by atoms with E-state index in [0.717, 1.165) is 53.7 Å². The number of benzene rings is 1. The molecule has 0 spiro atoms. The molecular formula is C19H32N4O2. The summed E-state index contributed by atoms with van der Waals surface area (Å²) in [6, 6.07) is 1.73. The second-order valence-corrected chi connectivity index (χ2v) is 6.73. The summed E-state index contributed by atoms with van der Waals surface area (Å²) in [6.45, 7) is 6.21. The van der Waals surface area contributed by atoms with E-state index in [2.05, 4.69) is 30.5 Å². The van der Waals surface area contributed by atoms with E-state index in [4.69, 9.17) is 0 Å². The lowest BCUT2D eigenvalue weighted by molar-refractivity contribution is 0.230. The Morgan fingerprint density at radius 1 is 0.880 bits per heavy atom. The topological polar surface area (TPSA) is 64.7 Å². The van der Waals surface area contributed by atoms with Gasteiger partial charge in [0.05, 0.1) is 11.4 Å². The van der Waals surface area contributed by atoms with E-state index in [1.165, 1.54) is 9.80 Å². The van der Waals surface area contributed by atoms with E-state index >= 15 is 0 Å². The molecule has 0 bridgehead atoms. The Morgan fingerprint density at radius 3 is 1.80 bits per heavy atom. The molecule has 140 valence electrons. The Bertz CT molecular complexity index is 624. The van der Waals surface area contributed by atoms with Crippen LogP contribution in [0.4, 0.5) is 21.0 Å². The van der Waals surface area contributed by atoms with E-state index in [-0.39, 0.29) is 12.1 Å². The molecule has 2 N–H and O–H groups in total. The number of carbonyl (C=O) groups is 2. The summed E-state index contributed by atoms with van der Waals surface area (Å²) >= 11 is 0. The molecule has 0 heterocycles. The maximum atomic E-state index is 12.3. The molecule has 0 saturated carbocycles. The Labute approximate surface area is 151 Å². The van der Waals surface area contributed by atoms with Gasteiger partial charge in [-0.3, -0.25) is 0 Å². The Balaban J connectivity index is 3.50. The normalized spacial score (nSPS) is 10.4. The summed E-state index contributed by atoms with van der Waals surface area (Å²) in [6.07, 6.45) is 3.57. The summed E-state index contributed by atoms with van der Waals surface area (Å²) < 4.78 is 0. The summed E-state index contributed by atoms with van der Waals surface area (Å²) in [5.41, 5.74) is 4.76. The molecule has 0 aliphatic rings. The molecule has 6 nitrogen and oxygen atoms in total. The minimum Gasteiger partial charge on any atom is -0.331 e. The molecule has 0 fully saturated rings. The fourth-order valence-electron chi connectivity index (χ4n) is 2.70. The maximum Gasteiger partial charge on any atom is 0.321 e. The standard InChI is InChI=1S/C19H32N4O2/c1-8-10-14-12-13(3)16(20-18(24)22(4)5)15(11-9-2)17(14)21-19(25)23(6)7/h12H,8-11H2,1-7H3,(H,20,24)(H,21,25). The van der Waals surface area contributed by atoms with Gasteiger partial charge in [0.2, 0.25) is 0 Å². The summed E-state index contributed by atoms with van der Waals surface area (Å²) in [4.78, 5) is 27.5. The molecule has 0 unspecified atom stereocenters. The number of amides is 4. The van der Waals surface area contributed by atoms with Crippen molar-refractivity contribution in [1.82, 2.24) is 9.80 Å². The number of hydrogen-bond donors (Lipinski definition) is 2. The molecule has 1 rings (SSSR count). The van der Waals surface area contributed by atoms with Crippen LogP contribution in [0.25, 0.3) is 0 Å². The number of hydrogen-bond acceptors (Lipinski definition) is 2. The van der Waals surface area contributed by atoms with Crippen LogP contribution < -0.4 is 10.6 Å². The highest BCUT2D eigenvalue weighted by molar-refractivity contribution is 5.96. The average molecular weight is 348 g/mol. The lowest BCUT2D eigenvalue weighted by Crippen LogP contribution is -2.30. The largest absolute Gasteiger partial charge is 0.331 e. The van der Waals surface area contributed by atoms with Gasteiger partial charge in [-0.05, 0) is 36.5 Å². The quantitative estimate of drug-likeness (QED) is 0.813. The van der Waals surface area contributed by atoms with Crippen molar-refractivity contribution in [3.05, 3.63) is 22.8 Å². The summed E-state index contributed by atoms with van der Waals surface area (Å²) in [5, 5.41) is 6.04. The van der Waals surface area contributed by atoms with Gasteiger partial charge in [0.1, 0.15) is 0 Å². The van der Waals surface area contributed by atoms with Gasteiger partial charge in [0, 0.05) is 28.2 Å². The van der Waals surface area contributed by atoms with Crippen LogP contribution in [-0.2, 0) is 12.8 Å². The van der Waals surface area contributed by atoms with Crippen LogP contribution in [0.3, 0.4) is 0 Å². The lowest BCUT2D eigenvalue weighted by Gasteiger charge is -2.24. The van der Waals surface area contributed by atoms with Gasteiger partial charge in [-0.15, -0.1) is 0 Å². The third kappa shape index (κ3) is 5.37. The third-order valence-electron chi connectivity index (χ3n) is 4.01. The Hall–Kier alpha value is -2.24. The van der Waals surface area contributed by atoms with E-state index in [9.17, 15) is 9.59 Å². The number of carbonyl (C=O) groups excluding carboxylic acids is 2. The maximum absolute atomic E-state index is 12.3. The van der Waals surface area contributed by atoms with Crippen LogP contribution in [-0.4, -0.2) is 50.1 Å². The monoisotopic (exact) mass is 348 g/mol. The number of aryl methyl sites for hydroxylation is 2. The molecule has 25 heavy (non-hydrogen) atoms. The highest BCUT2D eigenvalue weighted by Gasteiger charge is 2.20. The van der Waals surface area contributed by atoms with E-state index in [1.807, 2.05) is 6.92 Å². The predicted octanol–water partition coefficient (Wildman–Crippen LogP) is 4.09. The van der Waals surface area contributed by atoms with Gasteiger partial charge < -0.3 is 20.4 Å². The van der Waals surface area contributed by atoms with Crippen molar-refractivity contribution in [2.45, 2.75) is 46.5 Å². The highest BCUT2D eigenvalue weighted by atomic mass is 16.2. The molecule has 6 heteroatoms. The molecule has 0 aliphatic heterocycles. The van der Waals surface area contributed by atoms with Crippen molar-refractivity contribution in [2.75, 3.05) is 38.8 Å². The first-order valence-electron chi connectivity index (χ1n) is 8.84. The minimum atomic E-state index is -0.173. The SMILES string of the molecule is CCCc1cc(C)c(NC(=O)N(C)C)c(CCC)c1NC(=O)N(C)C. The van der Waals surface area contributed by atoms with E-state index in [0.29, 0.717) is 0 Å². The molecular weight excluding hydrogens is 316 g/mol. The fourth-order valence-corrected chi connectivity index (χ4v) is 2.70. The van der Waals surface area contributed by atoms with Crippen LogP contribution in [0, 0.1) is 6.92 Å². The fraction of sp³-hybridized carbons (Fsp3) is 0.579. The van der Waals surface area contributed by atoms with E-state index in [1.54, 1.807) is 28.2 Å². The molecule has 4 amide bonds. The number of rotatable bonds is 6. The first-order valence-corrected chi connectivity index (χ1v) is 8.84. The second-order valence-electron chi connectivity index (χ2n) is 6.73. The van der Waals surface area contributed by atoms with Crippen LogP contribution in [0.5, 0.6) is 0 Å². The number of anilines is 2. The average Bonchev–Trinajstić information content (AvgIpc) is 2.53. The molecule has 0 atom stereocenters. The molecule has 0 aliphatic carbocycles. The minimum absolute atomic E-state index is 0.163. The molecule has 1 aromatic rings. The highest BCUT2D eigenvalue weighted by Crippen LogP contribution is 2.34. The molecule has 0 aromatic heterocycles. The van der Waals surface area contributed by atoms with Gasteiger partial charge in [0.15, 0.2) is 0 Å². The zero-order valence-corrected chi connectivity index (χ0v) is 16.6. The summed E-state index contributed by atoms with van der Waals surface area (Å²) in [7, 11) is 6.86. The van der Waals surface area contributed by atoms with Gasteiger partial charge in [-0.2, -0.15) is 0 Å². The number of urea groups is 2. The second kappa shape index (κ2) is 9.30. The van der Waals surface area contributed by atoms with Crippen LogP contribution in [0.1, 0.15) is 43.4 Å². The number of nitrogens with one attached hydrogen (secondary N) is 2. The van der Waals surface area contributed by atoms with Crippen molar-refractivity contribution < 1.29 is 9.59 Å². The van der Waals surface area contributed by atoms with Crippen molar-refractivity contribution in [2.24, 2.45) is 0 Å². The van der Waals surface area contributed by atoms with Gasteiger partial charge >= 0.3 is 12.1 Å². The lowest BCUT2D eigenvalue weighted by atomic mass is 9.94. The van der Waals surface area contributed by atoms with Crippen LogP contribution >= 0.6 is 0 Å². The zero-order valence-electron chi connectivity index (χ0n) is 16.6. The Kier molecular flexibility index (Phi) is 7.74. The third-order valence-corrected chi connectivity index (χ3v) is 4.01. The molecule has 0 saturated heterocycles. The van der Waals surface area contributed by atoms with Crippen molar-refractivity contribution in [1.29, 1.82) is 0 Å².